The Labute approximate surface area is 160 Å². The van der Waals surface area contributed by atoms with Crippen LogP contribution in [0.5, 0.6) is 0 Å². The lowest BCUT2D eigenvalue weighted by Gasteiger charge is -2.04. The molecule has 27 heavy (non-hydrogen) atoms. The number of hydrogen-bond donors (Lipinski definition) is 3. The smallest absolute Gasteiger partial charge is 0.290 e. The number of fused-ring (bicyclic) bond motifs is 1. The number of rotatable bonds is 4. The molecule has 1 saturated heterocycles. The van der Waals surface area contributed by atoms with Gasteiger partial charge in [0.2, 0.25) is 5.95 Å². The fourth-order valence-electron chi connectivity index (χ4n) is 2.84. The van der Waals surface area contributed by atoms with Crippen molar-refractivity contribution in [2.45, 2.75) is 20.4 Å². The number of aryl methyl sites for hydroxylation is 2. The minimum absolute atomic E-state index is 0.330. The van der Waals surface area contributed by atoms with Crippen LogP contribution in [0.3, 0.4) is 0 Å². The molecular weight excluding hydrogens is 360 g/mol. The number of aromatic nitrogens is 2. The van der Waals surface area contributed by atoms with Crippen molar-refractivity contribution in [3.63, 3.8) is 0 Å². The van der Waals surface area contributed by atoms with Gasteiger partial charge in [0, 0.05) is 6.54 Å². The van der Waals surface area contributed by atoms with Gasteiger partial charge in [-0.1, -0.05) is 24.3 Å². The maximum Gasteiger partial charge on any atom is 0.290 e. The number of benzene rings is 2. The Hall–Kier alpha value is -3.06. The molecule has 1 aliphatic rings. The Bertz CT molecular complexity index is 1040. The third kappa shape index (κ3) is 3.73. The zero-order valence-corrected chi connectivity index (χ0v) is 15.7. The van der Waals surface area contributed by atoms with E-state index in [0.717, 1.165) is 39.9 Å². The highest BCUT2D eigenvalue weighted by Crippen LogP contribution is 2.25. The minimum atomic E-state index is -0.342. The van der Waals surface area contributed by atoms with Crippen LogP contribution in [0.4, 0.5) is 10.7 Å². The molecule has 0 saturated carbocycles. The molecule has 0 atom stereocenters. The Balaban J connectivity index is 1.44. The number of amides is 2. The van der Waals surface area contributed by atoms with Crippen molar-refractivity contribution < 1.29 is 9.59 Å². The fraction of sp³-hybridized carbons (Fsp3) is 0.150. The normalized spacial score (nSPS) is 15.6. The van der Waals surface area contributed by atoms with Gasteiger partial charge in [-0.25, -0.2) is 4.98 Å². The van der Waals surface area contributed by atoms with Crippen LogP contribution in [0.1, 0.15) is 22.3 Å². The van der Waals surface area contributed by atoms with Gasteiger partial charge in [0.25, 0.3) is 11.1 Å². The second-order valence-electron chi connectivity index (χ2n) is 6.49. The van der Waals surface area contributed by atoms with E-state index in [9.17, 15) is 9.59 Å². The van der Waals surface area contributed by atoms with E-state index in [0.29, 0.717) is 11.4 Å². The first-order chi connectivity index (χ1) is 13.0. The molecule has 4 rings (SSSR count). The Morgan fingerprint density at radius 1 is 1.11 bits per heavy atom. The predicted octanol–water partition coefficient (Wildman–Crippen LogP) is 4.12. The monoisotopic (exact) mass is 378 g/mol. The van der Waals surface area contributed by atoms with Crippen LogP contribution >= 0.6 is 11.8 Å². The predicted molar refractivity (Wildman–Crippen MR) is 108 cm³/mol. The summed E-state index contributed by atoms with van der Waals surface area (Å²) in [7, 11) is 0. The first-order valence-corrected chi connectivity index (χ1v) is 9.34. The highest BCUT2D eigenvalue weighted by Gasteiger charge is 2.24. The zero-order valence-electron chi connectivity index (χ0n) is 14.9. The summed E-state index contributed by atoms with van der Waals surface area (Å²) in [5, 5.41) is 5.22. The Kier molecular flexibility index (Phi) is 4.45. The van der Waals surface area contributed by atoms with E-state index in [-0.39, 0.29) is 11.1 Å². The molecule has 1 aromatic heterocycles. The van der Waals surface area contributed by atoms with Crippen LogP contribution in [0.25, 0.3) is 17.1 Å². The van der Waals surface area contributed by atoms with Crippen LogP contribution in [-0.2, 0) is 11.3 Å². The molecule has 0 spiro atoms. The number of H-pyrrole nitrogens is 1. The first kappa shape index (κ1) is 17.4. The second kappa shape index (κ2) is 6.92. The van der Waals surface area contributed by atoms with Gasteiger partial charge in [0.15, 0.2) is 0 Å². The van der Waals surface area contributed by atoms with Crippen molar-refractivity contribution in [2.75, 3.05) is 5.32 Å². The lowest BCUT2D eigenvalue weighted by Crippen LogP contribution is -2.17. The molecule has 0 unspecified atom stereocenters. The van der Waals surface area contributed by atoms with Crippen molar-refractivity contribution in [3.8, 4) is 0 Å². The topological polar surface area (TPSA) is 86.9 Å². The number of aromatic amines is 1. The highest BCUT2D eigenvalue weighted by molar-refractivity contribution is 8.18. The third-order valence-electron chi connectivity index (χ3n) is 4.48. The SMILES string of the molecule is Cc1cc2nc(NCc3ccc(C=C4SC(=O)NC4=O)cc3)[nH]c2cc1C. The number of imide groups is 1. The summed E-state index contributed by atoms with van der Waals surface area (Å²) in [4.78, 5) is 31.1. The van der Waals surface area contributed by atoms with Crippen molar-refractivity contribution in [1.29, 1.82) is 0 Å². The Morgan fingerprint density at radius 2 is 1.85 bits per heavy atom. The van der Waals surface area contributed by atoms with Gasteiger partial charge in [-0.2, -0.15) is 0 Å². The minimum Gasteiger partial charge on any atom is -0.352 e. The van der Waals surface area contributed by atoms with Crippen LogP contribution in [-0.4, -0.2) is 21.1 Å². The van der Waals surface area contributed by atoms with Gasteiger partial charge < -0.3 is 10.3 Å². The molecule has 1 fully saturated rings. The number of carbonyl (C=O) groups excluding carboxylic acids is 2. The zero-order chi connectivity index (χ0) is 19.0. The molecule has 0 radical (unpaired) electrons. The summed E-state index contributed by atoms with van der Waals surface area (Å²) in [6.45, 7) is 4.79. The van der Waals surface area contributed by atoms with Gasteiger partial charge in [-0.05, 0) is 66.1 Å². The maximum absolute atomic E-state index is 11.6. The van der Waals surface area contributed by atoms with Gasteiger partial charge >= 0.3 is 0 Å². The Morgan fingerprint density at radius 3 is 2.56 bits per heavy atom. The van der Waals surface area contributed by atoms with Gasteiger partial charge in [0.05, 0.1) is 15.9 Å². The number of imidazole rings is 1. The van der Waals surface area contributed by atoms with E-state index in [1.165, 1.54) is 11.1 Å². The average Bonchev–Trinajstić information content (AvgIpc) is 3.16. The van der Waals surface area contributed by atoms with Crippen molar-refractivity contribution in [3.05, 3.63) is 63.6 Å². The quantitative estimate of drug-likeness (QED) is 0.595. The largest absolute Gasteiger partial charge is 0.352 e. The van der Waals surface area contributed by atoms with E-state index in [2.05, 4.69) is 46.6 Å². The molecule has 3 aromatic rings. The molecule has 3 N–H and O–H groups in total. The first-order valence-electron chi connectivity index (χ1n) is 8.52. The number of nitrogens with zero attached hydrogens (tertiary/aromatic N) is 1. The lowest BCUT2D eigenvalue weighted by atomic mass is 10.1. The molecule has 0 bridgehead atoms. The van der Waals surface area contributed by atoms with Crippen LogP contribution < -0.4 is 10.6 Å². The number of anilines is 1. The van der Waals surface area contributed by atoms with Crippen molar-refractivity contribution >= 4 is 46.0 Å². The van der Waals surface area contributed by atoms with E-state index in [1.54, 1.807) is 6.08 Å². The average molecular weight is 378 g/mol. The van der Waals surface area contributed by atoms with E-state index in [4.69, 9.17) is 0 Å². The summed E-state index contributed by atoms with van der Waals surface area (Å²) < 4.78 is 0. The molecule has 0 aliphatic carbocycles. The number of nitrogens with one attached hydrogen (secondary N) is 3. The molecule has 6 nitrogen and oxygen atoms in total. The van der Waals surface area contributed by atoms with Crippen LogP contribution in [0, 0.1) is 13.8 Å². The van der Waals surface area contributed by atoms with Gasteiger partial charge in [0.1, 0.15) is 0 Å². The molecule has 2 heterocycles. The van der Waals surface area contributed by atoms with Gasteiger partial charge in [-0.3, -0.25) is 14.9 Å². The fourth-order valence-corrected chi connectivity index (χ4v) is 3.53. The van der Waals surface area contributed by atoms with Crippen molar-refractivity contribution in [1.82, 2.24) is 15.3 Å². The number of hydrogen-bond acceptors (Lipinski definition) is 5. The number of thioether (sulfide) groups is 1. The molecule has 2 amide bonds. The molecular formula is C20H18N4O2S. The van der Waals surface area contributed by atoms with Crippen LogP contribution in [0.15, 0.2) is 41.3 Å². The summed E-state index contributed by atoms with van der Waals surface area (Å²) in [6, 6.07) is 12.0. The third-order valence-corrected chi connectivity index (χ3v) is 5.29. The standard InChI is InChI=1S/C20H18N4O2S/c1-11-7-15-16(8-12(11)2)23-19(22-15)21-10-14-5-3-13(4-6-14)9-17-18(25)24-20(26)27-17/h3-9H,10H2,1-2H3,(H2,21,22,23)(H,24,25,26). The summed E-state index contributed by atoms with van der Waals surface area (Å²) in [5.74, 6) is 0.393. The van der Waals surface area contributed by atoms with Crippen molar-refractivity contribution in [2.24, 2.45) is 0 Å². The second-order valence-corrected chi connectivity index (χ2v) is 7.50. The molecule has 1 aliphatic heterocycles. The number of carbonyl (C=O) groups is 2. The summed E-state index contributed by atoms with van der Waals surface area (Å²) >= 11 is 0.921. The van der Waals surface area contributed by atoms with E-state index in [1.807, 2.05) is 24.3 Å². The molecule has 7 heteroatoms. The lowest BCUT2D eigenvalue weighted by molar-refractivity contribution is -0.115. The van der Waals surface area contributed by atoms with E-state index >= 15 is 0 Å². The highest BCUT2D eigenvalue weighted by atomic mass is 32.2. The van der Waals surface area contributed by atoms with Crippen LogP contribution in [0.2, 0.25) is 0 Å². The van der Waals surface area contributed by atoms with Gasteiger partial charge in [-0.15, -0.1) is 0 Å². The van der Waals surface area contributed by atoms with E-state index < -0.39 is 0 Å². The molecule has 136 valence electrons. The maximum atomic E-state index is 11.6. The summed E-state index contributed by atoms with van der Waals surface area (Å²) in [5.41, 5.74) is 6.39. The molecule has 2 aromatic carbocycles. The summed E-state index contributed by atoms with van der Waals surface area (Å²) in [6.07, 6.45) is 1.71.